The topological polar surface area (TPSA) is 104 Å². The van der Waals surface area contributed by atoms with E-state index in [9.17, 15) is 27.5 Å². The van der Waals surface area contributed by atoms with Crippen molar-refractivity contribution in [3.8, 4) is 0 Å². The van der Waals surface area contributed by atoms with E-state index in [1.54, 1.807) is 4.90 Å². The molecule has 9 heteroatoms. The van der Waals surface area contributed by atoms with E-state index in [-0.39, 0.29) is 40.7 Å². The molecular weight excluding hydrogens is 700 g/mol. The maximum absolute atomic E-state index is 13.9. The summed E-state index contributed by atoms with van der Waals surface area (Å²) < 4.78 is 38.4. The van der Waals surface area contributed by atoms with Crippen molar-refractivity contribution in [3.63, 3.8) is 0 Å². The first-order valence-corrected chi connectivity index (χ1v) is 23.3. The summed E-state index contributed by atoms with van der Waals surface area (Å²) in [6.07, 6.45) is 19.9. The van der Waals surface area contributed by atoms with Crippen LogP contribution in [0.15, 0.2) is 35.5 Å². The lowest BCUT2D eigenvalue weighted by Crippen LogP contribution is -2.67. The second-order valence-corrected chi connectivity index (χ2v) is 22.1. The zero-order valence-electron chi connectivity index (χ0n) is 34.6. The minimum atomic E-state index is -3.17. The second-order valence-electron chi connectivity index (χ2n) is 19.8. The first-order chi connectivity index (χ1) is 25.3. The smallest absolute Gasteiger partial charge is 0.312 e. The number of carboxylic acid groups (broad SMARTS) is 1. The number of halogens is 1. The largest absolute Gasteiger partial charge is 0.481 e. The molecule has 11 atom stereocenters. The normalized spacial score (nSPS) is 42.5. The van der Waals surface area contributed by atoms with E-state index in [1.807, 2.05) is 6.08 Å². The van der Waals surface area contributed by atoms with E-state index in [2.05, 4.69) is 59.5 Å². The Bertz CT molecular complexity index is 1660. The number of carbonyl (C=O) groups excluding carboxylic acids is 1. The number of sulfone groups is 1. The monoisotopic (exact) mass is 771 g/mol. The Hall–Kier alpha value is -2.00. The van der Waals surface area contributed by atoms with Crippen molar-refractivity contribution in [1.82, 2.24) is 10.2 Å². The Labute approximate surface area is 326 Å². The molecule has 0 bridgehead atoms. The van der Waals surface area contributed by atoms with Crippen molar-refractivity contribution < 1.29 is 27.5 Å². The van der Waals surface area contributed by atoms with E-state index >= 15 is 0 Å². The zero-order chi connectivity index (χ0) is 39.5. The van der Waals surface area contributed by atoms with Gasteiger partial charge in [0.25, 0.3) is 0 Å². The predicted octanol–water partition coefficient (Wildman–Crippen LogP) is 9.10. The molecule has 4 saturated carbocycles. The number of nitrogens with zero attached hydrogens (tertiary/aromatic N) is 1. The van der Waals surface area contributed by atoms with Gasteiger partial charge in [0.05, 0.1) is 17.2 Å². The number of rotatable bonds is 12. The summed E-state index contributed by atoms with van der Waals surface area (Å²) in [5.74, 6) is 1.59. The van der Waals surface area contributed by atoms with Crippen LogP contribution in [0.5, 0.6) is 0 Å². The number of amides is 1. The van der Waals surface area contributed by atoms with Crippen LogP contribution in [0.2, 0.25) is 0 Å². The molecule has 0 radical (unpaired) electrons. The number of likely N-dealkylation sites (tertiary alicyclic amines) is 1. The first kappa shape index (κ1) is 41.6. The van der Waals surface area contributed by atoms with Crippen molar-refractivity contribution in [2.45, 2.75) is 149 Å². The van der Waals surface area contributed by atoms with Gasteiger partial charge in [-0.15, -0.1) is 0 Å². The minimum absolute atomic E-state index is 0.0258. The number of fused-ring (bicyclic) bond motifs is 5. The molecule has 0 aromatic heterocycles. The van der Waals surface area contributed by atoms with Crippen molar-refractivity contribution in [2.75, 3.05) is 32.6 Å². The van der Waals surface area contributed by atoms with Crippen LogP contribution < -0.4 is 5.32 Å². The Morgan fingerprint density at radius 1 is 1.04 bits per heavy atom. The number of nitrogens with one attached hydrogen (secondary N) is 1. The number of aliphatic carboxylic acids is 1. The first-order valence-electron chi connectivity index (χ1n) is 21.4. The standard InChI is InChI=1S/C45H71FN2O5S/c1-9-31(32-14-21-44(29-46,22-15-32)40(50)51)13-19-41(5)33(10-2)16-20-43(7)37(41)12-11-36-39-35(30(3)4)17-23-45(39,25-24-42(36,43)6)47-27-38(49)48-26-18-34(28-48)54(8,52)53/h13-14,33-37,39,47H,3,9-12,15-29H2,1-2,4-8H3,(H,50,51)/b31-13+/t33-,34?,35+,36?,37-,39-,41+,42-,43-,44+,45+/m1/s1. The number of alkyl halides is 1. The third-order valence-corrected chi connectivity index (χ3v) is 19.2. The number of hydrogen-bond acceptors (Lipinski definition) is 5. The van der Waals surface area contributed by atoms with Crippen molar-refractivity contribution >= 4 is 21.7 Å². The quantitative estimate of drug-likeness (QED) is 0.192. The van der Waals surface area contributed by atoms with Crippen LogP contribution in [-0.2, 0) is 19.4 Å². The highest BCUT2D eigenvalue weighted by Gasteiger charge is 2.69. The molecule has 5 fully saturated rings. The molecule has 0 spiro atoms. The van der Waals surface area contributed by atoms with Crippen molar-refractivity contribution in [1.29, 1.82) is 0 Å². The molecule has 0 aromatic rings. The van der Waals surface area contributed by atoms with Gasteiger partial charge in [-0.25, -0.2) is 12.8 Å². The molecule has 7 nitrogen and oxygen atoms in total. The molecule has 0 aromatic carbocycles. The van der Waals surface area contributed by atoms with Gasteiger partial charge in [0.15, 0.2) is 9.84 Å². The maximum atomic E-state index is 13.9. The summed E-state index contributed by atoms with van der Waals surface area (Å²) in [4.78, 5) is 27.3. The highest BCUT2D eigenvalue weighted by Crippen LogP contribution is 2.74. The SMILES string of the molecule is C=C(C)[C@@H]1CC[C@]2(NCC(=O)N3CCC(S(C)(=O)=O)C3)CC[C@]3(C)C(CC[C@@H]4[C@@](C)(C/C=C(\CC)C5=CC[C@](CF)(C(=O)O)CC5)[C@H](CC)CC[C@]43C)[C@@H]12. The van der Waals surface area contributed by atoms with Crippen LogP contribution in [0.4, 0.5) is 4.39 Å². The lowest BCUT2D eigenvalue weighted by atomic mass is 9.34. The summed E-state index contributed by atoms with van der Waals surface area (Å²) in [5.41, 5.74) is 2.87. The highest BCUT2D eigenvalue weighted by atomic mass is 32.2. The van der Waals surface area contributed by atoms with Gasteiger partial charge in [-0.05, 0) is 154 Å². The number of hydrogen-bond donors (Lipinski definition) is 2. The van der Waals surface area contributed by atoms with E-state index in [0.29, 0.717) is 61.9 Å². The fourth-order valence-corrected chi connectivity index (χ4v) is 14.9. The van der Waals surface area contributed by atoms with Gasteiger partial charge in [-0.1, -0.05) is 65.3 Å². The van der Waals surface area contributed by atoms with Gasteiger partial charge in [0, 0.05) is 24.9 Å². The molecule has 1 saturated heterocycles. The molecule has 304 valence electrons. The Kier molecular flexibility index (Phi) is 11.6. The summed E-state index contributed by atoms with van der Waals surface area (Å²) >= 11 is 0. The van der Waals surface area contributed by atoms with Crippen LogP contribution in [-0.4, -0.2) is 73.7 Å². The lowest BCUT2D eigenvalue weighted by molar-refractivity contribution is -0.210. The summed E-state index contributed by atoms with van der Waals surface area (Å²) in [6.45, 7) is 19.5. The third-order valence-electron chi connectivity index (χ3n) is 17.6. The molecule has 5 aliphatic carbocycles. The highest BCUT2D eigenvalue weighted by molar-refractivity contribution is 7.91. The fraction of sp³-hybridized carbons (Fsp3) is 0.822. The fourth-order valence-electron chi connectivity index (χ4n) is 13.9. The molecule has 54 heavy (non-hydrogen) atoms. The molecule has 1 amide bonds. The van der Waals surface area contributed by atoms with Gasteiger partial charge in [0.1, 0.15) is 6.67 Å². The molecule has 2 unspecified atom stereocenters. The molecule has 6 aliphatic rings. The minimum Gasteiger partial charge on any atom is -0.481 e. The van der Waals surface area contributed by atoms with Gasteiger partial charge in [-0.2, -0.15) is 0 Å². The Morgan fingerprint density at radius 3 is 2.35 bits per heavy atom. The van der Waals surface area contributed by atoms with E-state index in [1.165, 1.54) is 55.1 Å². The van der Waals surface area contributed by atoms with Crippen molar-refractivity contribution in [2.24, 2.45) is 51.2 Å². The molecule has 1 heterocycles. The van der Waals surface area contributed by atoms with Crippen LogP contribution in [0.25, 0.3) is 0 Å². The van der Waals surface area contributed by atoms with Crippen LogP contribution >= 0.6 is 0 Å². The van der Waals surface area contributed by atoms with Gasteiger partial charge >= 0.3 is 5.97 Å². The summed E-state index contributed by atoms with van der Waals surface area (Å²) in [7, 11) is -3.17. The summed E-state index contributed by atoms with van der Waals surface area (Å²) in [5, 5.41) is 13.2. The van der Waals surface area contributed by atoms with Gasteiger partial charge < -0.3 is 15.3 Å². The van der Waals surface area contributed by atoms with E-state index < -0.39 is 33.1 Å². The lowest BCUT2D eigenvalue weighted by Gasteiger charge is -2.71. The Balaban J connectivity index is 1.25. The molecule has 1 aliphatic heterocycles. The van der Waals surface area contributed by atoms with E-state index in [0.717, 1.165) is 38.5 Å². The maximum Gasteiger partial charge on any atom is 0.312 e. The van der Waals surface area contributed by atoms with Crippen LogP contribution in [0.1, 0.15) is 138 Å². The predicted molar refractivity (Wildman–Crippen MR) is 215 cm³/mol. The number of carbonyl (C=O) groups is 2. The number of carboxylic acids is 1. The van der Waals surface area contributed by atoms with Crippen molar-refractivity contribution in [3.05, 3.63) is 35.5 Å². The molecule has 6 rings (SSSR count). The van der Waals surface area contributed by atoms with E-state index in [4.69, 9.17) is 0 Å². The number of allylic oxidation sites excluding steroid dienone is 5. The van der Waals surface area contributed by atoms with Gasteiger partial charge in [-0.3, -0.25) is 9.59 Å². The van der Waals surface area contributed by atoms with Crippen LogP contribution in [0.3, 0.4) is 0 Å². The summed E-state index contributed by atoms with van der Waals surface area (Å²) in [6, 6.07) is 0. The molecule has 2 N–H and O–H groups in total. The van der Waals surface area contributed by atoms with Gasteiger partial charge in [0.2, 0.25) is 5.91 Å². The zero-order valence-corrected chi connectivity index (χ0v) is 35.4. The average Bonchev–Trinajstić information content (AvgIpc) is 3.79. The third kappa shape index (κ3) is 6.79. The Morgan fingerprint density at radius 2 is 1.78 bits per heavy atom. The second kappa shape index (κ2) is 15.1. The van der Waals surface area contributed by atoms with Crippen LogP contribution in [0, 0.1) is 51.2 Å². The molecular formula is C45H71FN2O5S. The average molecular weight is 771 g/mol.